The van der Waals surface area contributed by atoms with E-state index in [-0.39, 0.29) is 11.6 Å². The third-order valence-corrected chi connectivity index (χ3v) is 3.62. The summed E-state index contributed by atoms with van der Waals surface area (Å²) < 4.78 is 0. The first-order valence-electron chi connectivity index (χ1n) is 5.34. The fraction of sp³-hybridized carbons (Fsp3) is 0.900. The molecule has 80 valence electrons. The molecule has 0 unspecified atom stereocenters. The van der Waals surface area contributed by atoms with Crippen molar-refractivity contribution in [2.24, 2.45) is 0 Å². The number of nitrogens with zero attached hydrogens (tertiary/aromatic N) is 2. The lowest BCUT2D eigenvalue weighted by Crippen LogP contribution is -2.66. The number of carbonyl (C=O) groups is 1. The van der Waals surface area contributed by atoms with Gasteiger partial charge in [0.05, 0.1) is 5.66 Å². The van der Waals surface area contributed by atoms with E-state index in [9.17, 15) is 4.79 Å². The molecule has 2 saturated heterocycles. The Hall–Kier alpha value is -0.610. The summed E-state index contributed by atoms with van der Waals surface area (Å²) in [6, 6.07) is 0. The Morgan fingerprint density at radius 2 is 1.93 bits per heavy atom. The molecule has 4 nitrogen and oxygen atoms in total. The molecule has 0 aliphatic carbocycles. The summed E-state index contributed by atoms with van der Waals surface area (Å²) in [5.41, 5.74) is -0.0398. The molecule has 2 rings (SSSR count). The fourth-order valence-corrected chi connectivity index (χ4v) is 2.43. The van der Waals surface area contributed by atoms with E-state index in [4.69, 9.17) is 0 Å². The third-order valence-electron chi connectivity index (χ3n) is 3.62. The normalized spacial score (nSPS) is 28.4. The highest BCUT2D eigenvalue weighted by atomic mass is 16.2. The fourth-order valence-electron chi connectivity index (χ4n) is 2.43. The highest BCUT2D eigenvalue weighted by Gasteiger charge is 2.41. The van der Waals surface area contributed by atoms with E-state index in [2.05, 4.69) is 17.3 Å². The average molecular weight is 197 g/mol. The maximum Gasteiger partial charge on any atom is 0.225 e. The van der Waals surface area contributed by atoms with E-state index in [1.807, 2.05) is 11.9 Å². The molecule has 0 bridgehead atoms. The van der Waals surface area contributed by atoms with Gasteiger partial charge in [0.15, 0.2) is 0 Å². The van der Waals surface area contributed by atoms with Crippen molar-refractivity contribution in [3.05, 3.63) is 0 Å². The van der Waals surface area contributed by atoms with Crippen LogP contribution in [0.5, 0.6) is 0 Å². The van der Waals surface area contributed by atoms with Crippen LogP contribution in [0.1, 0.15) is 19.3 Å². The molecule has 0 aromatic carbocycles. The van der Waals surface area contributed by atoms with Gasteiger partial charge in [-0.1, -0.05) is 0 Å². The van der Waals surface area contributed by atoms with Gasteiger partial charge >= 0.3 is 0 Å². The highest BCUT2D eigenvalue weighted by Crippen LogP contribution is 2.27. The summed E-state index contributed by atoms with van der Waals surface area (Å²) in [7, 11) is 4.07. The maximum absolute atomic E-state index is 11.6. The quantitative estimate of drug-likeness (QED) is 0.587. The van der Waals surface area contributed by atoms with Gasteiger partial charge in [-0.25, -0.2) is 0 Å². The minimum absolute atomic E-state index is 0.0398. The van der Waals surface area contributed by atoms with Crippen molar-refractivity contribution < 1.29 is 4.79 Å². The third kappa shape index (κ3) is 1.53. The van der Waals surface area contributed by atoms with Crippen LogP contribution < -0.4 is 5.32 Å². The van der Waals surface area contributed by atoms with Crippen LogP contribution in [0.4, 0.5) is 0 Å². The molecule has 0 atom stereocenters. The molecule has 0 aromatic heterocycles. The summed E-state index contributed by atoms with van der Waals surface area (Å²) in [6.07, 6.45) is 2.74. The Labute approximate surface area is 85.2 Å². The molecule has 1 spiro atoms. The van der Waals surface area contributed by atoms with Crippen LogP contribution >= 0.6 is 0 Å². The Bertz CT molecular complexity index is 234. The maximum atomic E-state index is 11.6. The number of hydrogen-bond donors (Lipinski definition) is 1. The molecule has 0 radical (unpaired) electrons. The Morgan fingerprint density at radius 3 is 2.57 bits per heavy atom. The first-order chi connectivity index (χ1) is 6.64. The topological polar surface area (TPSA) is 35.6 Å². The molecule has 2 fully saturated rings. The van der Waals surface area contributed by atoms with Crippen LogP contribution in [0.25, 0.3) is 0 Å². The van der Waals surface area contributed by atoms with Crippen molar-refractivity contribution in [2.45, 2.75) is 24.9 Å². The lowest BCUT2D eigenvalue weighted by Gasteiger charge is -2.49. The number of hydrogen-bond acceptors (Lipinski definition) is 3. The second kappa shape index (κ2) is 3.51. The van der Waals surface area contributed by atoms with Crippen molar-refractivity contribution in [3.63, 3.8) is 0 Å². The van der Waals surface area contributed by atoms with Gasteiger partial charge in [0.1, 0.15) is 0 Å². The van der Waals surface area contributed by atoms with Crippen molar-refractivity contribution >= 4 is 5.91 Å². The molecule has 2 aliphatic rings. The number of piperidine rings is 1. The zero-order valence-corrected chi connectivity index (χ0v) is 9.05. The summed E-state index contributed by atoms with van der Waals surface area (Å²) >= 11 is 0. The van der Waals surface area contributed by atoms with E-state index in [1.165, 1.54) is 0 Å². The minimum atomic E-state index is -0.0398. The molecule has 1 N–H and O–H groups in total. The summed E-state index contributed by atoms with van der Waals surface area (Å²) in [4.78, 5) is 15.9. The van der Waals surface area contributed by atoms with Crippen LogP contribution in [0.2, 0.25) is 0 Å². The standard InChI is InChI=1S/C10H19N3O/c1-12-7-4-10(5-8-12)11-6-3-9(14)13(10)2/h11H,3-8H2,1-2H3. The predicted molar refractivity (Wildman–Crippen MR) is 54.9 cm³/mol. The van der Waals surface area contributed by atoms with Gasteiger partial charge in [-0.05, 0) is 19.9 Å². The predicted octanol–water partition coefficient (Wildman–Crippen LogP) is -0.140. The van der Waals surface area contributed by atoms with Gasteiger partial charge < -0.3 is 9.80 Å². The van der Waals surface area contributed by atoms with Gasteiger partial charge in [-0.15, -0.1) is 0 Å². The zero-order chi connectivity index (χ0) is 10.2. The van der Waals surface area contributed by atoms with Gasteiger partial charge in [0.25, 0.3) is 0 Å². The molecule has 14 heavy (non-hydrogen) atoms. The van der Waals surface area contributed by atoms with Crippen LogP contribution in [-0.2, 0) is 4.79 Å². The largest absolute Gasteiger partial charge is 0.327 e. The molecule has 4 heteroatoms. The van der Waals surface area contributed by atoms with Crippen molar-refractivity contribution in [2.75, 3.05) is 33.7 Å². The highest BCUT2D eigenvalue weighted by molar-refractivity contribution is 5.77. The Kier molecular flexibility index (Phi) is 2.49. The Morgan fingerprint density at radius 1 is 1.29 bits per heavy atom. The summed E-state index contributed by atoms with van der Waals surface area (Å²) in [5.74, 6) is 0.285. The van der Waals surface area contributed by atoms with Crippen LogP contribution in [-0.4, -0.2) is 55.1 Å². The number of likely N-dealkylation sites (tertiary alicyclic amines) is 1. The molecule has 0 saturated carbocycles. The lowest BCUT2D eigenvalue weighted by atomic mass is 9.93. The van der Waals surface area contributed by atoms with E-state index >= 15 is 0 Å². The van der Waals surface area contributed by atoms with E-state index in [1.54, 1.807) is 0 Å². The van der Waals surface area contributed by atoms with Crippen LogP contribution in [0, 0.1) is 0 Å². The minimum Gasteiger partial charge on any atom is -0.327 e. The molecule has 0 aromatic rings. The van der Waals surface area contributed by atoms with Crippen molar-refractivity contribution in [1.29, 1.82) is 0 Å². The van der Waals surface area contributed by atoms with Crippen LogP contribution in [0.3, 0.4) is 0 Å². The second-order valence-electron chi connectivity index (χ2n) is 4.46. The van der Waals surface area contributed by atoms with Crippen molar-refractivity contribution in [3.8, 4) is 0 Å². The lowest BCUT2D eigenvalue weighted by molar-refractivity contribution is -0.143. The second-order valence-corrected chi connectivity index (χ2v) is 4.46. The first kappa shape index (κ1) is 9.93. The van der Waals surface area contributed by atoms with Crippen molar-refractivity contribution in [1.82, 2.24) is 15.1 Å². The molecule has 2 heterocycles. The van der Waals surface area contributed by atoms with Gasteiger partial charge in [0, 0.05) is 33.1 Å². The summed E-state index contributed by atoms with van der Waals surface area (Å²) in [5, 5.41) is 3.51. The van der Waals surface area contributed by atoms with E-state index < -0.39 is 0 Å². The SMILES string of the molecule is CN1CCC2(CC1)NCCC(=O)N2C. The molecular formula is C10H19N3O. The number of rotatable bonds is 0. The molecule has 2 aliphatic heterocycles. The molecule has 1 amide bonds. The van der Waals surface area contributed by atoms with Gasteiger partial charge in [-0.2, -0.15) is 0 Å². The van der Waals surface area contributed by atoms with Gasteiger partial charge in [0.2, 0.25) is 5.91 Å². The zero-order valence-electron chi connectivity index (χ0n) is 9.05. The average Bonchev–Trinajstić information content (AvgIpc) is 2.19. The number of carbonyl (C=O) groups excluding carboxylic acids is 1. The Balaban J connectivity index is 2.10. The smallest absolute Gasteiger partial charge is 0.225 e. The monoisotopic (exact) mass is 197 g/mol. The molecular weight excluding hydrogens is 178 g/mol. The van der Waals surface area contributed by atoms with Crippen LogP contribution in [0.15, 0.2) is 0 Å². The number of nitrogens with one attached hydrogen (secondary N) is 1. The number of amides is 1. The van der Waals surface area contributed by atoms with E-state index in [0.29, 0.717) is 6.42 Å². The van der Waals surface area contributed by atoms with E-state index in [0.717, 1.165) is 32.5 Å². The summed E-state index contributed by atoms with van der Waals surface area (Å²) in [6.45, 7) is 2.99. The first-order valence-corrected chi connectivity index (χ1v) is 5.34. The van der Waals surface area contributed by atoms with Gasteiger partial charge in [-0.3, -0.25) is 10.1 Å².